The van der Waals surface area contributed by atoms with E-state index < -0.39 is 0 Å². The second-order valence-corrected chi connectivity index (χ2v) is 9.03. The molecule has 0 atom stereocenters. The summed E-state index contributed by atoms with van der Waals surface area (Å²) in [5.74, 6) is 3.57. The molecule has 0 spiro atoms. The van der Waals surface area contributed by atoms with Crippen LogP contribution in [0.3, 0.4) is 0 Å². The molecule has 5 rings (SSSR count). The largest absolute Gasteiger partial charge is 0.467 e. The standard InChI is InChI=1S/C24H31NO3/c1-17(5-6-25)21-3-4-23(28-16-27-8-7-26-2)22(12-21)24-13-18-9-19(14-24)11-20(10-18)15-24/h3-5,12,18-20H,7-11,13-16H2,1-2H3. The van der Waals surface area contributed by atoms with Crippen LogP contribution < -0.4 is 4.74 Å². The third-order valence-corrected chi connectivity index (χ3v) is 7.06. The molecule has 0 radical (unpaired) electrons. The molecule has 4 saturated carbocycles. The van der Waals surface area contributed by atoms with E-state index in [1.54, 1.807) is 13.2 Å². The number of hydrogen-bond donors (Lipinski definition) is 0. The summed E-state index contributed by atoms with van der Waals surface area (Å²) in [5, 5.41) is 9.06. The van der Waals surface area contributed by atoms with Crippen molar-refractivity contribution in [2.24, 2.45) is 17.8 Å². The molecule has 4 nitrogen and oxygen atoms in total. The van der Waals surface area contributed by atoms with Gasteiger partial charge in [-0.1, -0.05) is 6.07 Å². The molecule has 0 aromatic heterocycles. The molecule has 0 unspecified atom stereocenters. The first-order valence-corrected chi connectivity index (χ1v) is 10.5. The Morgan fingerprint density at radius 2 is 1.82 bits per heavy atom. The number of nitrogens with zero attached hydrogens (tertiary/aromatic N) is 1. The van der Waals surface area contributed by atoms with E-state index >= 15 is 0 Å². The maximum absolute atomic E-state index is 9.06. The van der Waals surface area contributed by atoms with Gasteiger partial charge in [0.1, 0.15) is 5.75 Å². The molecular weight excluding hydrogens is 350 g/mol. The first-order chi connectivity index (χ1) is 13.6. The molecule has 28 heavy (non-hydrogen) atoms. The predicted octanol–water partition coefficient (Wildman–Crippen LogP) is 5.08. The zero-order chi connectivity index (χ0) is 19.6. The third kappa shape index (κ3) is 3.83. The van der Waals surface area contributed by atoms with E-state index in [1.165, 1.54) is 44.1 Å². The van der Waals surface area contributed by atoms with Gasteiger partial charge in [0, 0.05) is 18.7 Å². The molecule has 4 heteroatoms. The Labute approximate surface area is 168 Å². The summed E-state index contributed by atoms with van der Waals surface area (Å²) in [6, 6.07) is 8.60. The fraction of sp³-hybridized carbons (Fsp3) is 0.625. The van der Waals surface area contributed by atoms with Crippen molar-refractivity contribution >= 4 is 5.57 Å². The smallest absolute Gasteiger partial charge is 0.189 e. The second-order valence-electron chi connectivity index (χ2n) is 9.03. The zero-order valence-corrected chi connectivity index (χ0v) is 17.1. The van der Waals surface area contributed by atoms with Gasteiger partial charge in [-0.3, -0.25) is 0 Å². The van der Waals surface area contributed by atoms with Crippen molar-refractivity contribution in [2.75, 3.05) is 27.1 Å². The van der Waals surface area contributed by atoms with Crippen LogP contribution in [0, 0.1) is 29.1 Å². The molecule has 4 aliphatic carbocycles. The Balaban J connectivity index is 1.63. The first kappa shape index (κ1) is 19.5. The van der Waals surface area contributed by atoms with Gasteiger partial charge in [-0.25, -0.2) is 0 Å². The van der Waals surface area contributed by atoms with Gasteiger partial charge in [0.15, 0.2) is 6.79 Å². The van der Waals surface area contributed by atoms with Crippen molar-refractivity contribution in [2.45, 2.75) is 50.9 Å². The summed E-state index contributed by atoms with van der Waals surface area (Å²) < 4.78 is 16.7. The molecule has 0 heterocycles. The highest BCUT2D eigenvalue weighted by atomic mass is 16.7. The topological polar surface area (TPSA) is 51.5 Å². The van der Waals surface area contributed by atoms with Gasteiger partial charge in [0.25, 0.3) is 0 Å². The maximum atomic E-state index is 9.06. The summed E-state index contributed by atoms with van der Waals surface area (Å²) in [4.78, 5) is 0. The van der Waals surface area contributed by atoms with Gasteiger partial charge < -0.3 is 14.2 Å². The summed E-state index contributed by atoms with van der Waals surface area (Å²) in [7, 11) is 1.67. The number of benzene rings is 1. The fourth-order valence-electron chi connectivity index (χ4n) is 6.24. The zero-order valence-electron chi connectivity index (χ0n) is 17.1. The predicted molar refractivity (Wildman–Crippen MR) is 109 cm³/mol. The van der Waals surface area contributed by atoms with Crippen LogP contribution in [-0.2, 0) is 14.9 Å². The Morgan fingerprint density at radius 1 is 1.14 bits per heavy atom. The van der Waals surface area contributed by atoms with Crippen LogP contribution in [0.4, 0.5) is 0 Å². The van der Waals surface area contributed by atoms with E-state index in [1.807, 2.05) is 6.92 Å². The van der Waals surface area contributed by atoms with Gasteiger partial charge in [-0.05, 0) is 91.9 Å². The van der Waals surface area contributed by atoms with E-state index in [0.717, 1.165) is 34.6 Å². The Kier molecular flexibility index (Phi) is 5.75. The summed E-state index contributed by atoms with van der Waals surface area (Å²) in [6.07, 6.45) is 9.74. The average molecular weight is 382 g/mol. The van der Waals surface area contributed by atoms with Crippen LogP contribution in [0.1, 0.15) is 56.6 Å². The molecule has 4 aliphatic rings. The minimum absolute atomic E-state index is 0.236. The number of allylic oxidation sites excluding steroid dienone is 2. The molecule has 4 bridgehead atoms. The van der Waals surface area contributed by atoms with Crippen molar-refractivity contribution in [1.29, 1.82) is 5.26 Å². The first-order valence-electron chi connectivity index (χ1n) is 10.5. The maximum Gasteiger partial charge on any atom is 0.189 e. The van der Waals surface area contributed by atoms with E-state index in [4.69, 9.17) is 19.5 Å². The van der Waals surface area contributed by atoms with Gasteiger partial charge in [-0.15, -0.1) is 0 Å². The number of nitriles is 1. The second kappa shape index (κ2) is 8.27. The number of hydrogen-bond acceptors (Lipinski definition) is 4. The molecule has 0 aliphatic heterocycles. The lowest BCUT2D eigenvalue weighted by Gasteiger charge is -2.57. The van der Waals surface area contributed by atoms with E-state index in [-0.39, 0.29) is 12.2 Å². The van der Waals surface area contributed by atoms with Crippen LogP contribution in [0.2, 0.25) is 0 Å². The van der Waals surface area contributed by atoms with Crippen LogP contribution in [0.5, 0.6) is 5.75 Å². The molecule has 0 saturated heterocycles. The quantitative estimate of drug-likeness (QED) is 0.358. The minimum Gasteiger partial charge on any atom is -0.467 e. The third-order valence-electron chi connectivity index (χ3n) is 7.06. The molecular formula is C24H31NO3. The highest BCUT2D eigenvalue weighted by molar-refractivity contribution is 5.68. The van der Waals surface area contributed by atoms with Crippen molar-refractivity contribution < 1.29 is 14.2 Å². The monoisotopic (exact) mass is 381 g/mol. The number of rotatable bonds is 8. The van der Waals surface area contributed by atoms with Gasteiger partial charge in [-0.2, -0.15) is 5.26 Å². The highest BCUT2D eigenvalue weighted by Crippen LogP contribution is 2.62. The van der Waals surface area contributed by atoms with Crippen LogP contribution in [-0.4, -0.2) is 27.1 Å². The summed E-state index contributed by atoms with van der Waals surface area (Å²) in [6.45, 7) is 3.36. The molecule has 150 valence electrons. The van der Waals surface area contributed by atoms with Crippen LogP contribution in [0.25, 0.3) is 5.57 Å². The molecule has 1 aromatic carbocycles. The molecule has 0 amide bonds. The van der Waals surface area contributed by atoms with Crippen molar-refractivity contribution in [3.63, 3.8) is 0 Å². The van der Waals surface area contributed by atoms with Gasteiger partial charge in [0.2, 0.25) is 0 Å². The van der Waals surface area contributed by atoms with Crippen molar-refractivity contribution in [1.82, 2.24) is 0 Å². The van der Waals surface area contributed by atoms with Crippen LogP contribution in [0.15, 0.2) is 24.3 Å². The van der Waals surface area contributed by atoms with E-state index in [2.05, 4.69) is 24.3 Å². The molecule has 1 aromatic rings. The lowest BCUT2D eigenvalue weighted by molar-refractivity contribution is -0.0189. The Morgan fingerprint density at radius 3 is 2.43 bits per heavy atom. The molecule has 4 fully saturated rings. The fourth-order valence-corrected chi connectivity index (χ4v) is 6.24. The number of ether oxygens (including phenoxy) is 3. The highest BCUT2D eigenvalue weighted by Gasteiger charge is 2.52. The minimum atomic E-state index is 0.236. The summed E-state index contributed by atoms with van der Waals surface area (Å²) in [5.41, 5.74) is 3.71. The lowest BCUT2D eigenvalue weighted by Crippen LogP contribution is -2.48. The Hall–Kier alpha value is -1.83. The van der Waals surface area contributed by atoms with Gasteiger partial charge >= 0.3 is 0 Å². The summed E-state index contributed by atoms with van der Waals surface area (Å²) >= 11 is 0. The van der Waals surface area contributed by atoms with Crippen molar-refractivity contribution in [3.8, 4) is 11.8 Å². The normalized spacial score (nSPS) is 31.0. The van der Waals surface area contributed by atoms with Gasteiger partial charge in [0.05, 0.1) is 19.3 Å². The Bertz CT molecular complexity index is 741. The van der Waals surface area contributed by atoms with E-state index in [9.17, 15) is 0 Å². The molecule has 0 N–H and O–H groups in total. The van der Waals surface area contributed by atoms with E-state index in [0.29, 0.717) is 13.2 Å². The van der Waals surface area contributed by atoms with Crippen molar-refractivity contribution in [3.05, 3.63) is 35.4 Å². The average Bonchev–Trinajstić information content (AvgIpc) is 2.67. The SMILES string of the molecule is COCCOCOc1ccc(C(C)=CC#N)cc1C12CC3CC(CC(C3)C1)C2. The lowest BCUT2D eigenvalue weighted by atomic mass is 9.48. The number of methoxy groups -OCH3 is 1. The van der Waals surface area contributed by atoms with Crippen LogP contribution >= 0.6 is 0 Å².